The lowest BCUT2D eigenvalue weighted by atomic mass is 10.2. The fraction of sp³-hybridized carbons (Fsp3) is 0.600. The first kappa shape index (κ1) is 14.2. The highest BCUT2D eigenvalue weighted by Gasteiger charge is 2.20. The van der Waals surface area contributed by atoms with Crippen LogP contribution in [0.3, 0.4) is 0 Å². The Labute approximate surface area is 127 Å². The Morgan fingerprint density at radius 3 is 3.05 bits per heavy atom. The van der Waals surface area contributed by atoms with Crippen LogP contribution in [0.15, 0.2) is 16.6 Å². The fourth-order valence-corrected chi connectivity index (χ4v) is 2.79. The van der Waals surface area contributed by atoms with Crippen molar-refractivity contribution in [1.29, 1.82) is 0 Å². The molecule has 0 radical (unpaired) electrons. The van der Waals surface area contributed by atoms with Crippen LogP contribution in [0.5, 0.6) is 11.5 Å². The van der Waals surface area contributed by atoms with Gasteiger partial charge in [0, 0.05) is 19.8 Å². The molecule has 1 aromatic rings. The SMILES string of the molecule is Brc1cc(CNCCCOCC2CC2)cc2c1OCO2. The molecule has 0 bridgehead atoms. The average Bonchev–Trinajstić information content (AvgIpc) is 3.13. The van der Waals surface area contributed by atoms with Gasteiger partial charge in [0.25, 0.3) is 0 Å². The minimum absolute atomic E-state index is 0.309. The van der Waals surface area contributed by atoms with E-state index >= 15 is 0 Å². The van der Waals surface area contributed by atoms with Crippen molar-refractivity contribution in [3.05, 3.63) is 22.2 Å². The summed E-state index contributed by atoms with van der Waals surface area (Å²) in [5, 5.41) is 3.43. The van der Waals surface area contributed by atoms with Gasteiger partial charge in [-0.1, -0.05) is 0 Å². The first-order chi connectivity index (χ1) is 9.83. The third kappa shape index (κ3) is 3.87. The van der Waals surface area contributed by atoms with E-state index in [0.717, 1.165) is 54.6 Å². The highest BCUT2D eigenvalue weighted by molar-refractivity contribution is 9.10. The van der Waals surface area contributed by atoms with Crippen molar-refractivity contribution in [2.24, 2.45) is 5.92 Å². The van der Waals surface area contributed by atoms with Gasteiger partial charge in [0.2, 0.25) is 6.79 Å². The lowest BCUT2D eigenvalue weighted by Gasteiger charge is -2.07. The van der Waals surface area contributed by atoms with E-state index in [1.165, 1.54) is 18.4 Å². The van der Waals surface area contributed by atoms with Crippen molar-refractivity contribution in [3.63, 3.8) is 0 Å². The molecule has 1 N–H and O–H groups in total. The van der Waals surface area contributed by atoms with E-state index < -0.39 is 0 Å². The molecule has 1 aliphatic carbocycles. The molecule has 0 unspecified atom stereocenters. The van der Waals surface area contributed by atoms with Gasteiger partial charge >= 0.3 is 0 Å². The van der Waals surface area contributed by atoms with E-state index in [4.69, 9.17) is 14.2 Å². The fourth-order valence-electron chi connectivity index (χ4n) is 2.19. The number of hydrogen-bond acceptors (Lipinski definition) is 4. The van der Waals surface area contributed by atoms with Crippen LogP contribution in [-0.2, 0) is 11.3 Å². The van der Waals surface area contributed by atoms with E-state index in [1.807, 2.05) is 6.07 Å². The monoisotopic (exact) mass is 341 g/mol. The van der Waals surface area contributed by atoms with Crippen LogP contribution in [0.25, 0.3) is 0 Å². The molecule has 1 saturated carbocycles. The van der Waals surface area contributed by atoms with Gasteiger partial charge in [-0.15, -0.1) is 0 Å². The van der Waals surface area contributed by atoms with E-state index in [2.05, 4.69) is 27.3 Å². The Kier molecular flexibility index (Phi) is 4.81. The third-order valence-corrected chi connectivity index (χ3v) is 4.10. The van der Waals surface area contributed by atoms with Crippen molar-refractivity contribution in [1.82, 2.24) is 5.32 Å². The van der Waals surface area contributed by atoms with E-state index in [9.17, 15) is 0 Å². The van der Waals surface area contributed by atoms with Gasteiger partial charge < -0.3 is 19.5 Å². The molecule has 1 aliphatic heterocycles. The largest absolute Gasteiger partial charge is 0.454 e. The molecule has 1 fully saturated rings. The molecule has 1 aromatic carbocycles. The second-order valence-electron chi connectivity index (χ2n) is 5.36. The molecule has 5 heteroatoms. The van der Waals surface area contributed by atoms with Crippen LogP contribution >= 0.6 is 15.9 Å². The number of halogens is 1. The Hall–Kier alpha value is -0.780. The summed E-state index contributed by atoms with van der Waals surface area (Å²) in [5.41, 5.74) is 1.19. The predicted octanol–water partition coefficient (Wildman–Crippen LogP) is 3.08. The number of fused-ring (bicyclic) bond motifs is 1. The van der Waals surface area contributed by atoms with Gasteiger partial charge in [0.1, 0.15) is 0 Å². The first-order valence-electron chi connectivity index (χ1n) is 7.19. The Bertz CT molecular complexity index is 463. The van der Waals surface area contributed by atoms with Crippen molar-refractivity contribution in [2.75, 3.05) is 26.6 Å². The maximum Gasteiger partial charge on any atom is 0.231 e. The number of hydrogen-bond donors (Lipinski definition) is 1. The van der Waals surface area contributed by atoms with Gasteiger partial charge in [-0.05, 0) is 65.4 Å². The van der Waals surface area contributed by atoms with Crippen LogP contribution in [0.2, 0.25) is 0 Å². The summed E-state index contributed by atoms with van der Waals surface area (Å²) in [6.45, 7) is 3.92. The summed E-state index contributed by atoms with van der Waals surface area (Å²) in [6.07, 6.45) is 3.77. The molecule has 0 saturated heterocycles. The minimum Gasteiger partial charge on any atom is -0.454 e. The molecular formula is C15H20BrNO3. The normalized spacial score (nSPS) is 16.6. The predicted molar refractivity (Wildman–Crippen MR) is 80.1 cm³/mol. The number of ether oxygens (including phenoxy) is 3. The number of benzene rings is 1. The standard InChI is InChI=1S/C15H20BrNO3/c16-13-6-12(7-14-15(13)20-10-19-14)8-17-4-1-5-18-9-11-2-3-11/h6-7,11,17H,1-5,8-10H2. The quantitative estimate of drug-likeness (QED) is 0.737. The summed E-state index contributed by atoms with van der Waals surface area (Å²) >= 11 is 3.51. The molecule has 0 spiro atoms. The molecule has 3 rings (SSSR count). The van der Waals surface area contributed by atoms with Crippen molar-refractivity contribution >= 4 is 15.9 Å². The van der Waals surface area contributed by atoms with Crippen LogP contribution in [0.4, 0.5) is 0 Å². The topological polar surface area (TPSA) is 39.7 Å². The summed E-state index contributed by atoms with van der Waals surface area (Å²) < 4.78 is 17.3. The van der Waals surface area contributed by atoms with E-state index in [1.54, 1.807) is 0 Å². The maximum atomic E-state index is 5.61. The molecule has 0 aromatic heterocycles. The molecule has 20 heavy (non-hydrogen) atoms. The van der Waals surface area contributed by atoms with Gasteiger partial charge in [0.15, 0.2) is 11.5 Å². The summed E-state index contributed by atoms with van der Waals surface area (Å²) in [5.74, 6) is 2.49. The molecule has 4 nitrogen and oxygen atoms in total. The molecule has 110 valence electrons. The second kappa shape index (κ2) is 6.78. The summed E-state index contributed by atoms with van der Waals surface area (Å²) in [4.78, 5) is 0. The lowest BCUT2D eigenvalue weighted by Crippen LogP contribution is -2.16. The van der Waals surface area contributed by atoms with Crippen LogP contribution < -0.4 is 14.8 Å². The Morgan fingerprint density at radius 2 is 2.20 bits per heavy atom. The van der Waals surface area contributed by atoms with E-state index in [-0.39, 0.29) is 0 Å². The first-order valence-corrected chi connectivity index (χ1v) is 7.99. The Balaban J connectivity index is 1.34. The number of nitrogens with one attached hydrogen (secondary N) is 1. The van der Waals surface area contributed by atoms with Crippen LogP contribution in [0, 0.1) is 5.92 Å². The van der Waals surface area contributed by atoms with Crippen LogP contribution in [-0.4, -0.2) is 26.6 Å². The van der Waals surface area contributed by atoms with Crippen molar-refractivity contribution in [3.8, 4) is 11.5 Å². The van der Waals surface area contributed by atoms with Gasteiger partial charge in [-0.3, -0.25) is 0 Å². The van der Waals surface area contributed by atoms with Gasteiger partial charge in [0.05, 0.1) is 4.47 Å². The number of rotatable bonds is 8. The summed E-state index contributed by atoms with van der Waals surface area (Å²) in [7, 11) is 0. The smallest absolute Gasteiger partial charge is 0.231 e. The maximum absolute atomic E-state index is 5.61. The van der Waals surface area contributed by atoms with Gasteiger partial charge in [-0.2, -0.15) is 0 Å². The molecule has 2 aliphatic rings. The van der Waals surface area contributed by atoms with Gasteiger partial charge in [-0.25, -0.2) is 0 Å². The third-order valence-electron chi connectivity index (χ3n) is 3.51. The van der Waals surface area contributed by atoms with E-state index in [0.29, 0.717) is 6.79 Å². The lowest BCUT2D eigenvalue weighted by molar-refractivity contribution is 0.122. The zero-order valence-electron chi connectivity index (χ0n) is 11.5. The second-order valence-corrected chi connectivity index (χ2v) is 6.21. The molecular weight excluding hydrogens is 322 g/mol. The van der Waals surface area contributed by atoms with Crippen LogP contribution in [0.1, 0.15) is 24.8 Å². The molecule has 0 amide bonds. The zero-order valence-corrected chi connectivity index (χ0v) is 13.1. The zero-order chi connectivity index (χ0) is 13.8. The summed E-state index contributed by atoms with van der Waals surface area (Å²) in [6, 6.07) is 4.10. The van der Waals surface area contributed by atoms with Crippen molar-refractivity contribution in [2.45, 2.75) is 25.8 Å². The average molecular weight is 342 g/mol. The van der Waals surface area contributed by atoms with Crippen molar-refractivity contribution < 1.29 is 14.2 Å². The Morgan fingerprint density at radius 1 is 1.30 bits per heavy atom. The minimum atomic E-state index is 0.309. The molecule has 0 atom stereocenters. The molecule has 1 heterocycles. The highest BCUT2D eigenvalue weighted by atomic mass is 79.9. The highest BCUT2D eigenvalue weighted by Crippen LogP contribution is 2.39.